The van der Waals surface area contributed by atoms with Crippen molar-refractivity contribution in [1.82, 2.24) is 0 Å². The molecule has 94 valence electrons. The highest BCUT2D eigenvalue weighted by atomic mass is 17.3. The summed E-state index contributed by atoms with van der Waals surface area (Å²) in [5.41, 5.74) is -0.856. The first kappa shape index (κ1) is 13.5. The second-order valence-electron chi connectivity index (χ2n) is 4.69. The number of hydrogen-bond acceptors (Lipinski definition) is 4. The summed E-state index contributed by atoms with van der Waals surface area (Å²) in [6, 6.07) is 0. The zero-order valence-corrected chi connectivity index (χ0v) is 10.6. The van der Waals surface area contributed by atoms with E-state index in [0.717, 1.165) is 12.8 Å². The highest BCUT2D eigenvalue weighted by molar-refractivity contribution is 5.81. The number of hydrogen-bond donors (Lipinski definition) is 0. The fourth-order valence-electron chi connectivity index (χ4n) is 1.74. The monoisotopic (exact) mass is 230 g/mol. The van der Waals surface area contributed by atoms with Gasteiger partial charge in [-0.15, -0.1) is 0 Å². The number of carbonyl (C=O) groups is 1. The summed E-state index contributed by atoms with van der Waals surface area (Å²) in [7, 11) is 0. The lowest BCUT2D eigenvalue weighted by Gasteiger charge is -2.44. The molecular weight excluding hydrogens is 208 g/mol. The summed E-state index contributed by atoms with van der Waals surface area (Å²) in [5, 5.41) is 0. The van der Waals surface area contributed by atoms with Crippen LogP contribution in [0, 0.1) is 5.92 Å². The van der Waals surface area contributed by atoms with Crippen molar-refractivity contribution in [2.75, 3.05) is 6.61 Å². The van der Waals surface area contributed by atoms with E-state index < -0.39 is 5.60 Å². The Morgan fingerprint density at radius 2 is 2.12 bits per heavy atom. The lowest BCUT2D eigenvalue weighted by atomic mass is 9.89. The molecule has 1 aliphatic rings. The minimum atomic E-state index is -0.856. The van der Waals surface area contributed by atoms with E-state index in [1.54, 1.807) is 0 Å². The first-order valence-electron chi connectivity index (χ1n) is 6.08. The second-order valence-corrected chi connectivity index (χ2v) is 4.69. The Bertz CT molecular complexity index is 235. The molecule has 1 fully saturated rings. The molecule has 0 aromatic rings. The highest BCUT2D eigenvalue weighted by Gasteiger charge is 2.57. The van der Waals surface area contributed by atoms with E-state index in [-0.39, 0.29) is 12.1 Å². The lowest BCUT2D eigenvalue weighted by Crippen LogP contribution is -2.61. The minimum Gasteiger partial charge on any atom is -0.463 e. The molecule has 1 heterocycles. The van der Waals surface area contributed by atoms with Crippen molar-refractivity contribution < 1.29 is 19.3 Å². The van der Waals surface area contributed by atoms with E-state index in [1.165, 1.54) is 0 Å². The third-order valence-corrected chi connectivity index (χ3v) is 2.80. The topological polar surface area (TPSA) is 44.8 Å². The van der Waals surface area contributed by atoms with Crippen LogP contribution in [0.25, 0.3) is 0 Å². The average molecular weight is 230 g/mol. The summed E-state index contributed by atoms with van der Waals surface area (Å²) < 4.78 is 5.23. The van der Waals surface area contributed by atoms with Gasteiger partial charge < -0.3 is 4.74 Å². The van der Waals surface area contributed by atoms with Crippen LogP contribution in [0.3, 0.4) is 0 Å². The first-order chi connectivity index (χ1) is 7.56. The van der Waals surface area contributed by atoms with Crippen LogP contribution >= 0.6 is 0 Å². The number of ether oxygens (including phenoxy) is 1. The minimum absolute atomic E-state index is 0.151. The zero-order valence-electron chi connectivity index (χ0n) is 10.6. The fraction of sp³-hybridized carbons (Fsp3) is 0.917. The Labute approximate surface area is 97.2 Å². The van der Waals surface area contributed by atoms with Gasteiger partial charge >= 0.3 is 5.97 Å². The summed E-state index contributed by atoms with van der Waals surface area (Å²) in [4.78, 5) is 22.0. The number of esters is 1. The van der Waals surface area contributed by atoms with Crippen molar-refractivity contribution in [3.8, 4) is 0 Å². The standard InChI is InChI=1S/C12H22O4/c1-5-7-10-12(6-2,16-15-10)11(13)14-8-9(3)4/h9-10H,5-8H2,1-4H3. The van der Waals surface area contributed by atoms with Gasteiger partial charge in [0.2, 0.25) is 5.60 Å². The second kappa shape index (κ2) is 5.64. The van der Waals surface area contributed by atoms with Crippen molar-refractivity contribution in [2.45, 2.75) is 58.7 Å². The summed E-state index contributed by atoms with van der Waals surface area (Å²) in [6.45, 7) is 8.42. The van der Waals surface area contributed by atoms with Crippen LogP contribution in [-0.4, -0.2) is 24.3 Å². The molecule has 4 nitrogen and oxygen atoms in total. The summed E-state index contributed by atoms with van der Waals surface area (Å²) >= 11 is 0. The molecule has 1 aliphatic heterocycles. The third-order valence-electron chi connectivity index (χ3n) is 2.80. The summed E-state index contributed by atoms with van der Waals surface area (Å²) in [6.07, 6.45) is 2.23. The number of rotatable bonds is 6. The molecule has 4 heteroatoms. The van der Waals surface area contributed by atoms with Gasteiger partial charge in [0, 0.05) is 0 Å². The average Bonchev–Trinajstić information content (AvgIpc) is 2.23. The fourth-order valence-corrected chi connectivity index (χ4v) is 1.74. The molecule has 0 amide bonds. The van der Waals surface area contributed by atoms with Crippen LogP contribution in [0.5, 0.6) is 0 Å². The molecule has 0 spiro atoms. The highest BCUT2D eigenvalue weighted by Crippen LogP contribution is 2.37. The molecule has 0 radical (unpaired) electrons. The molecule has 0 aliphatic carbocycles. The molecule has 2 unspecified atom stereocenters. The quantitative estimate of drug-likeness (QED) is 0.519. The maximum absolute atomic E-state index is 11.9. The Balaban J connectivity index is 2.55. The molecule has 2 atom stereocenters. The van der Waals surface area contributed by atoms with E-state index in [1.807, 2.05) is 20.8 Å². The van der Waals surface area contributed by atoms with Gasteiger partial charge in [-0.25, -0.2) is 14.6 Å². The zero-order chi connectivity index (χ0) is 12.2. The van der Waals surface area contributed by atoms with Gasteiger partial charge in [-0.2, -0.15) is 0 Å². The molecule has 16 heavy (non-hydrogen) atoms. The third kappa shape index (κ3) is 2.55. The van der Waals surface area contributed by atoms with Gasteiger partial charge in [0.1, 0.15) is 6.10 Å². The van der Waals surface area contributed by atoms with Crippen molar-refractivity contribution in [2.24, 2.45) is 5.92 Å². The lowest BCUT2D eigenvalue weighted by molar-refractivity contribution is -0.498. The van der Waals surface area contributed by atoms with Gasteiger partial charge in [-0.1, -0.05) is 34.1 Å². The predicted molar refractivity (Wildman–Crippen MR) is 59.7 cm³/mol. The van der Waals surface area contributed by atoms with Gasteiger partial charge in [0.15, 0.2) is 0 Å². The molecule has 0 aromatic carbocycles. The van der Waals surface area contributed by atoms with Crippen molar-refractivity contribution in [1.29, 1.82) is 0 Å². The maximum atomic E-state index is 11.9. The van der Waals surface area contributed by atoms with Crippen LogP contribution in [0.2, 0.25) is 0 Å². The Kier molecular flexibility index (Phi) is 4.74. The molecule has 0 N–H and O–H groups in total. The van der Waals surface area contributed by atoms with Gasteiger partial charge in [0.05, 0.1) is 6.61 Å². The predicted octanol–water partition coefficient (Wildman–Crippen LogP) is 2.46. The first-order valence-corrected chi connectivity index (χ1v) is 6.08. The van der Waals surface area contributed by atoms with Crippen LogP contribution in [-0.2, 0) is 19.3 Å². The van der Waals surface area contributed by atoms with Crippen molar-refractivity contribution in [3.63, 3.8) is 0 Å². The van der Waals surface area contributed by atoms with Crippen LogP contribution in [0.4, 0.5) is 0 Å². The normalized spacial score (nSPS) is 28.9. The largest absolute Gasteiger partial charge is 0.463 e. The van der Waals surface area contributed by atoms with Crippen LogP contribution in [0.15, 0.2) is 0 Å². The molecule has 0 bridgehead atoms. The van der Waals surface area contributed by atoms with Crippen molar-refractivity contribution >= 4 is 5.97 Å². The number of carbonyl (C=O) groups excluding carboxylic acids is 1. The Hall–Kier alpha value is -0.610. The van der Waals surface area contributed by atoms with Crippen molar-refractivity contribution in [3.05, 3.63) is 0 Å². The molecule has 0 aromatic heterocycles. The van der Waals surface area contributed by atoms with Gasteiger partial charge in [0.25, 0.3) is 0 Å². The smallest absolute Gasteiger partial charge is 0.344 e. The van der Waals surface area contributed by atoms with E-state index in [4.69, 9.17) is 14.5 Å². The van der Waals surface area contributed by atoms with E-state index in [9.17, 15) is 4.79 Å². The maximum Gasteiger partial charge on any atom is 0.344 e. The van der Waals surface area contributed by atoms with Gasteiger partial charge in [-0.05, 0) is 18.8 Å². The van der Waals surface area contributed by atoms with E-state index in [0.29, 0.717) is 18.9 Å². The molecule has 1 rings (SSSR count). The van der Waals surface area contributed by atoms with E-state index in [2.05, 4.69) is 6.92 Å². The van der Waals surface area contributed by atoms with Crippen LogP contribution < -0.4 is 0 Å². The summed E-state index contributed by atoms with van der Waals surface area (Å²) in [5.74, 6) is 0.0527. The Morgan fingerprint density at radius 1 is 1.44 bits per heavy atom. The molecule has 0 saturated carbocycles. The molecular formula is C12H22O4. The molecule has 1 saturated heterocycles. The SMILES string of the molecule is CCCC1OOC1(CC)C(=O)OCC(C)C. The Morgan fingerprint density at radius 3 is 2.50 bits per heavy atom. The van der Waals surface area contributed by atoms with E-state index >= 15 is 0 Å². The van der Waals surface area contributed by atoms with Crippen LogP contribution in [0.1, 0.15) is 47.0 Å². The van der Waals surface area contributed by atoms with Gasteiger partial charge in [-0.3, -0.25) is 0 Å².